The molecule has 0 bridgehead atoms. The summed E-state index contributed by atoms with van der Waals surface area (Å²) < 4.78 is 19.8. The van der Waals surface area contributed by atoms with Gasteiger partial charge in [-0.15, -0.1) is 0 Å². The molecule has 1 heterocycles. The molecule has 36 heavy (non-hydrogen) atoms. The highest BCUT2D eigenvalue weighted by Crippen LogP contribution is 2.48. The van der Waals surface area contributed by atoms with Crippen LogP contribution in [-0.2, 0) is 20.0 Å². The molecule has 2 unspecified atom stereocenters. The van der Waals surface area contributed by atoms with Gasteiger partial charge in [-0.2, -0.15) is 0 Å². The number of aliphatic hydroxyl groups is 1. The quantitative estimate of drug-likeness (QED) is 0.261. The summed E-state index contributed by atoms with van der Waals surface area (Å²) in [6.07, 6.45) is 7.81. The highest BCUT2D eigenvalue weighted by Gasteiger charge is 2.51. The maximum absolute atomic E-state index is 10.2. The Morgan fingerprint density at radius 1 is 0.972 bits per heavy atom. The topological polar surface area (TPSA) is 47.9 Å². The maximum Gasteiger partial charge on any atom is 0.192 e. The number of rotatable bonds is 9. The molecule has 2 aliphatic rings. The Morgan fingerprint density at radius 3 is 2.17 bits per heavy atom. The van der Waals surface area contributed by atoms with Crippen LogP contribution in [0.1, 0.15) is 66.4 Å². The third-order valence-corrected chi connectivity index (χ3v) is 18.3. The molecule has 1 aliphatic carbocycles. The number of ether oxygens (including phenoxy) is 1. The molecule has 0 aromatic heterocycles. The Balaban J connectivity index is 1.83. The van der Waals surface area contributed by atoms with Gasteiger partial charge in [-0.25, -0.2) is 0 Å². The summed E-state index contributed by atoms with van der Waals surface area (Å²) in [7, 11) is -3.87. The molecule has 204 valence electrons. The SMILES string of the molecule is CC(C)(C)[Si](C)(C)OC(C=C[C@@H]1[C@H]2CC(O)O[C@H]2C[C@H]1O[Si](C)(C)C(C)(C)C)CCc1ccccc1. The molecule has 1 N–H and O–H groups in total. The molecular weight excluding hydrogens is 480 g/mol. The fraction of sp³-hybridized carbons (Fsp3) is 0.733. The van der Waals surface area contributed by atoms with Gasteiger partial charge in [0.2, 0.25) is 0 Å². The van der Waals surface area contributed by atoms with Crippen LogP contribution in [-0.4, -0.2) is 46.3 Å². The second-order valence-corrected chi connectivity index (χ2v) is 23.6. The van der Waals surface area contributed by atoms with Gasteiger partial charge < -0.3 is 18.7 Å². The van der Waals surface area contributed by atoms with E-state index in [9.17, 15) is 5.11 Å². The van der Waals surface area contributed by atoms with Crippen molar-refractivity contribution in [2.24, 2.45) is 11.8 Å². The molecule has 1 aromatic rings. The lowest BCUT2D eigenvalue weighted by Crippen LogP contribution is -2.45. The zero-order valence-electron chi connectivity index (χ0n) is 24.5. The van der Waals surface area contributed by atoms with Crippen LogP contribution in [0, 0.1) is 11.8 Å². The Bertz CT molecular complexity index is 869. The first-order valence-corrected chi connectivity index (χ1v) is 19.7. The highest BCUT2D eigenvalue weighted by molar-refractivity contribution is 6.74. The van der Waals surface area contributed by atoms with Crippen LogP contribution in [0.2, 0.25) is 36.3 Å². The summed E-state index contributed by atoms with van der Waals surface area (Å²) in [5.74, 6) is 0.539. The summed E-state index contributed by atoms with van der Waals surface area (Å²) in [5.41, 5.74) is 1.35. The van der Waals surface area contributed by atoms with Crippen molar-refractivity contribution in [3.05, 3.63) is 48.0 Å². The monoisotopic (exact) mass is 532 g/mol. The third kappa shape index (κ3) is 7.20. The number of aliphatic hydroxyl groups excluding tert-OH is 1. The third-order valence-electron chi connectivity index (χ3n) is 9.28. The van der Waals surface area contributed by atoms with E-state index >= 15 is 0 Å². The lowest BCUT2D eigenvalue weighted by Gasteiger charge is -2.40. The molecule has 1 saturated carbocycles. The fourth-order valence-corrected chi connectivity index (χ4v) is 7.61. The van der Waals surface area contributed by atoms with Gasteiger partial charge in [0.05, 0.1) is 18.3 Å². The fourth-order valence-electron chi connectivity index (χ4n) is 4.94. The van der Waals surface area contributed by atoms with E-state index in [-0.39, 0.29) is 34.3 Å². The normalized spacial score (nSPS) is 28.6. The van der Waals surface area contributed by atoms with Gasteiger partial charge in [0.1, 0.15) is 0 Å². The first-order valence-electron chi connectivity index (χ1n) is 13.9. The summed E-state index contributed by atoms with van der Waals surface area (Å²) in [4.78, 5) is 0. The maximum atomic E-state index is 10.2. The van der Waals surface area contributed by atoms with Crippen LogP contribution in [0.4, 0.5) is 0 Å². The van der Waals surface area contributed by atoms with E-state index in [0.29, 0.717) is 12.3 Å². The highest BCUT2D eigenvalue weighted by atomic mass is 28.4. The predicted molar refractivity (Wildman–Crippen MR) is 155 cm³/mol. The molecule has 0 spiro atoms. The summed E-state index contributed by atoms with van der Waals surface area (Å²) in [5, 5.41) is 10.5. The standard InChI is InChI=1S/C30H52O4Si2/c1-29(2,3)35(7,8)33-23(17-16-22-14-12-11-13-15-22)18-19-24-25-20-28(31)32-26(25)21-27(24)34-36(9,10)30(4,5)6/h11-15,18-19,23-28,31H,16-17,20-21H2,1-10H3/t23?,24-,25-,26+,27-,28?/m1/s1. The molecule has 6 heteroatoms. The number of fused-ring (bicyclic) bond motifs is 1. The van der Waals surface area contributed by atoms with Crippen molar-refractivity contribution in [1.82, 2.24) is 0 Å². The summed E-state index contributed by atoms with van der Waals surface area (Å²) in [6, 6.07) is 10.7. The first-order chi connectivity index (χ1) is 16.5. The van der Waals surface area contributed by atoms with Crippen LogP contribution in [0.5, 0.6) is 0 Å². The first kappa shape index (κ1) is 29.8. The minimum atomic E-state index is -1.94. The smallest absolute Gasteiger partial charge is 0.192 e. The Morgan fingerprint density at radius 2 is 1.58 bits per heavy atom. The number of hydrogen-bond donors (Lipinski definition) is 1. The molecule has 1 aromatic carbocycles. The van der Waals surface area contributed by atoms with Crippen LogP contribution in [0.3, 0.4) is 0 Å². The molecule has 1 aliphatic heterocycles. The van der Waals surface area contributed by atoms with Gasteiger partial charge in [-0.3, -0.25) is 0 Å². The van der Waals surface area contributed by atoms with E-state index in [1.54, 1.807) is 0 Å². The van der Waals surface area contributed by atoms with Crippen molar-refractivity contribution >= 4 is 16.6 Å². The Labute approximate surface area is 223 Å². The zero-order valence-corrected chi connectivity index (χ0v) is 26.5. The average molecular weight is 533 g/mol. The Kier molecular flexibility index (Phi) is 9.22. The largest absolute Gasteiger partial charge is 0.413 e. The van der Waals surface area contributed by atoms with Gasteiger partial charge in [0, 0.05) is 12.3 Å². The van der Waals surface area contributed by atoms with Crippen molar-refractivity contribution < 1.29 is 18.7 Å². The number of aryl methyl sites for hydroxylation is 1. The second-order valence-electron chi connectivity index (χ2n) is 14.1. The van der Waals surface area contributed by atoms with Crippen LogP contribution >= 0.6 is 0 Å². The molecule has 1 saturated heterocycles. The number of benzene rings is 1. The molecule has 2 fully saturated rings. The minimum absolute atomic E-state index is 0.0610. The van der Waals surface area contributed by atoms with Gasteiger partial charge in [-0.1, -0.05) is 84.0 Å². The van der Waals surface area contributed by atoms with Crippen molar-refractivity contribution in [2.75, 3.05) is 0 Å². The lowest BCUT2D eigenvalue weighted by molar-refractivity contribution is -0.0945. The van der Waals surface area contributed by atoms with E-state index < -0.39 is 22.9 Å². The zero-order chi connectivity index (χ0) is 26.9. The van der Waals surface area contributed by atoms with Crippen molar-refractivity contribution in [2.45, 2.75) is 128 Å². The molecule has 0 radical (unpaired) electrons. The average Bonchev–Trinajstić information content (AvgIpc) is 3.24. The van der Waals surface area contributed by atoms with Crippen LogP contribution in [0.25, 0.3) is 0 Å². The number of hydrogen-bond acceptors (Lipinski definition) is 4. The van der Waals surface area contributed by atoms with E-state index in [0.717, 1.165) is 19.3 Å². The molecule has 6 atom stereocenters. The van der Waals surface area contributed by atoms with Crippen LogP contribution < -0.4 is 0 Å². The van der Waals surface area contributed by atoms with E-state index in [4.69, 9.17) is 13.6 Å². The second kappa shape index (κ2) is 11.1. The molecule has 4 nitrogen and oxygen atoms in total. The molecule has 0 amide bonds. The molecule has 3 rings (SSSR count). The molecular formula is C30H52O4Si2. The minimum Gasteiger partial charge on any atom is -0.413 e. The predicted octanol–water partition coefficient (Wildman–Crippen LogP) is 7.70. The van der Waals surface area contributed by atoms with Gasteiger partial charge >= 0.3 is 0 Å². The van der Waals surface area contributed by atoms with E-state index in [1.165, 1.54) is 5.56 Å². The van der Waals surface area contributed by atoms with Gasteiger partial charge in [0.15, 0.2) is 22.9 Å². The Hall–Kier alpha value is -0.766. The summed E-state index contributed by atoms with van der Waals surface area (Å²) >= 11 is 0. The van der Waals surface area contributed by atoms with Crippen molar-refractivity contribution in [1.29, 1.82) is 0 Å². The van der Waals surface area contributed by atoms with Crippen molar-refractivity contribution in [3.8, 4) is 0 Å². The summed E-state index contributed by atoms with van der Waals surface area (Å²) in [6.45, 7) is 23.2. The van der Waals surface area contributed by atoms with E-state index in [2.05, 4.69) is 110 Å². The van der Waals surface area contributed by atoms with Crippen molar-refractivity contribution in [3.63, 3.8) is 0 Å². The van der Waals surface area contributed by atoms with Gasteiger partial charge in [-0.05, 0) is 67.0 Å². The lowest BCUT2D eigenvalue weighted by atomic mass is 9.91. The van der Waals surface area contributed by atoms with Crippen LogP contribution in [0.15, 0.2) is 42.5 Å². The van der Waals surface area contributed by atoms with Gasteiger partial charge in [0.25, 0.3) is 0 Å². The van der Waals surface area contributed by atoms with E-state index in [1.807, 2.05) is 0 Å².